The number of fused-ring (bicyclic) bond motifs is 1. The van der Waals surface area contributed by atoms with Gasteiger partial charge in [0.25, 0.3) is 0 Å². The number of hydrogen-bond acceptors (Lipinski definition) is 4. The van der Waals surface area contributed by atoms with Gasteiger partial charge in [0.05, 0.1) is 23.4 Å². The average Bonchev–Trinajstić information content (AvgIpc) is 2.55. The molecule has 4 nitrogen and oxygen atoms in total. The first-order valence-corrected chi connectivity index (χ1v) is 8.85. The van der Waals surface area contributed by atoms with Gasteiger partial charge in [0.1, 0.15) is 5.75 Å². The molecule has 1 aliphatic carbocycles. The number of benzene rings is 1. The summed E-state index contributed by atoms with van der Waals surface area (Å²) in [5, 5.41) is 3.36. The molecule has 1 saturated carbocycles. The van der Waals surface area contributed by atoms with Crippen molar-refractivity contribution in [3.8, 4) is 5.75 Å². The van der Waals surface area contributed by atoms with Gasteiger partial charge in [-0.05, 0) is 25.0 Å². The highest BCUT2D eigenvalue weighted by Crippen LogP contribution is 2.44. The summed E-state index contributed by atoms with van der Waals surface area (Å²) in [6.07, 6.45) is 5.47. The summed E-state index contributed by atoms with van der Waals surface area (Å²) in [5.74, 6) is 0.867. The van der Waals surface area contributed by atoms with Crippen LogP contribution in [0.3, 0.4) is 0 Å². The first-order valence-electron chi connectivity index (χ1n) is 7.20. The van der Waals surface area contributed by atoms with Gasteiger partial charge in [0.2, 0.25) is 0 Å². The number of hydrogen-bond donors (Lipinski definition) is 1. The molecule has 1 fully saturated rings. The van der Waals surface area contributed by atoms with Gasteiger partial charge in [0.15, 0.2) is 9.84 Å². The molecular formula is C15H21NO3S. The molecule has 5 heteroatoms. The highest BCUT2D eigenvalue weighted by atomic mass is 32.2. The minimum absolute atomic E-state index is 0.110. The summed E-state index contributed by atoms with van der Waals surface area (Å²) >= 11 is 0. The smallest absolute Gasteiger partial charge is 0.181 e. The van der Waals surface area contributed by atoms with E-state index in [1.165, 1.54) is 6.42 Å². The third kappa shape index (κ3) is 2.28. The summed E-state index contributed by atoms with van der Waals surface area (Å²) < 4.78 is 30.8. The van der Waals surface area contributed by atoms with Crippen LogP contribution in [0.4, 0.5) is 5.69 Å². The highest BCUT2D eigenvalue weighted by molar-refractivity contribution is 7.91. The Labute approximate surface area is 120 Å². The summed E-state index contributed by atoms with van der Waals surface area (Å²) in [4.78, 5) is 0.388. The van der Waals surface area contributed by atoms with Crippen molar-refractivity contribution in [2.24, 2.45) is 5.41 Å². The van der Waals surface area contributed by atoms with E-state index in [9.17, 15) is 8.42 Å². The van der Waals surface area contributed by atoms with E-state index in [1.807, 2.05) is 0 Å². The Bertz CT molecular complexity index is 604. The number of ether oxygens (including phenoxy) is 1. The molecule has 20 heavy (non-hydrogen) atoms. The number of para-hydroxylation sites is 1. The molecule has 1 heterocycles. The van der Waals surface area contributed by atoms with Crippen LogP contribution >= 0.6 is 0 Å². The minimum atomic E-state index is -3.26. The van der Waals surface area contributed by atoms with Crippen LogP contribution in [0.2, 0.25) is 0 Å². The lowest BCUT2D eigenvalue weighted by Gasteiger charge is -2.35. The number of anilines is 1. The van der Waals surface area contributed by atoms with Gasteiger partial charge < -0.3 is 10.1 Å². The van der Waals surface area contributed by atoms with Gasteiger partial charge >= 0.3 is 0 Å². The quantitative estimate of drug-likeness (QED) is 0.865. The fourth-order valence-corrected chi connectivity index (χ4v) is 5.67. The van der Waals surface area contributed by atoms with Crippen LogP contribution in [-0.2, 0) is 9.84 Å². The summed E-state index contributed by atoms with van der Waals surface area (Å²) in [5.41, 5.74) is 0.527. The van der Waals surface area contributed by atoms with Gasteiger partial charge in [-0.25, -0.2) is 8.42 Å². The van der Waals surface area contributed by atoms with Crippen LogP contribution in [0.15, 0.2) is 23.1 Å². The lowest BCUT2D eigenvalue weighted by molar-refractivity contribution is 0.237. The molecule has 0 bridgehead atoms. The maximum absolute atomic E-state index is 12.7. The van der Waals surface area contributed by atoms with E-state index in [0.717, 1.165) is 32.2 Å². The molecule has 0 saturated heterocycles. The average molecular weight is 295 g/mol. The number of rotatable bonds is 1. The van der Waals surface area contributed by atoms with Crippen LogP contribution < -0.4 is 10.1 Å². The predicted octanol–water partition coefficient (Wildman–Crippen LogP) is 2.84. The molecule has 2 aliphatic rings. The molecule has 1 spiro atoms. The van der Waals surface area contributed by atoms with Crippen LogP contribution in [0.5, 0.6) is 5.75 Å². The van der Waals surface area contributed by atoms with Crippen molar-refractivity contribution >= 4 is 15.5 Å². The first-order chi connectivity index (χ1) is 9.56. The molecule has 0 amide bonds. The monoisotopic (exact) mass is 295 g/mol. The Hall–Kier alpha value is -1.23. The Morgan fingerprint density at radius 1 is 1.20 bits per heavy atom. The van der Waals surface area contributed by atoms with Crippen LogP contribution in [-0.4, -0.2) is 27.8 Å². The molecule has 110 valence electrons. The fourth-order valence-electron chi connectivity index (χ4n) is 3.55. The minimum Gasteiger partial charge on any atom is -0.495 e. The van der Waals surface area contributed by atoms with E-state index in [1.54, 1.807) is 25.3 Å². The van der Waals surface area contributed by atoms with Crippen molar-refractivity contribution in [1.82, 2.24) is 0 Å². The second-order valence-corrected chi connectivity index (χ2v) is 7.96. The Morgan fingerprint density at radius 2 is 1.95 bits per heavy atom. The molecule has 1 aromatic rings. The van der Waals surface area contributed by atoms with Gasteiger partial charge in [-0.15, -0.1) is 0 Å². The third-order valence-electron chi connectivity index (χ3n) is 4.59. The van der Waals surface area contributed by atoms with Crippen molar-refractivity contribution in [3.05, 3.63) is 18.2 Å². The zero-order chi connectivity index (χ0) is 14.2. The number of sulfone groups is 1. The zero-order valence-corrected chi connectivity index (χ0v) is 12.6. The number of nitrogens with one attached hydrogen (secondary N) is 1. The van der Waals surface area contributed by atoms with Gasteiger partial charge in [-0.1, -0.05) is 25.3 Å². The van der Waals surface area contributed by atoms with Crippen molar-refractivity contribution < 1.29 is 13.2 Å². The maximum Gasteiger partial charge on any atom is 0.181 e. The molecule has 0 unspecified atom stereocenters. The normalized spacial score (nSPS) is 23.4. The van der Waals surface area contributed by atoms with Gasteiger partial charge in [-0.2, -0.15) is 0 Å². The number of methoxy groups -OCH3 is 1. The lowest BCUT2D eigenvalue weighted by atomic mass is 9.75. The third-order valence-corrected chi connectivity index (χ3v) is 6.60. The van der Waals surface area contributed by atoms with Gasteiger partial charge in [-0.3, -0.25) is 0 Å². The summed E-state index contributed by atoms with van der Waals surface area (Å²) in [7, 11) is -1.69. The predicted molar refractivity (Wildman–Crippen MR) is 79.1 cm³/mol. The van der Waals surface area contributed by atoms with Crippen LogP contribution in [0.25, 0.3) is 0 Å². The maximum atomic E-state index is 12.7. The molecule has 1 aromatic carbocycles. The summed E-state index contributed by atoms with van der Waals surface area (Å²) in [6, 6.07) is 5.23. The molecular weight excluding hydrogens is 274 g/mol. The summed E-state index contributed by atoms with van der Waals surface area (Å²) in [6.45, 7) is 0.722. The van der Waals surface area contributed by atoms with Crippen molar-refractivity contribution in [2.45, 2.75) is 37.0 Å². The Morgan fingerprint density at radius 3 is 2.65 bits per heavy atom. The second kappa shape index (κ2) is 4.95. The molecule has 0 atom stereocenters. The Balaban J connectivity index is 2.06. The highest BCUT2D eigenvalue weighted by Gasteiger charge is 2.40. The van der Waals surface area contributed by atoms with E-state index >= 15 is 0 Å². The molecule has 1 aliphatic heterocycles. The zero-order valence-electron chi connectivity index (χ0n) is 11.8. The van der Waals surface area contributed by atoms with Gasteiger partial charge in [0, 0.05) is 12.0 Å². The lowest BCUT2D eigenvalue weighted by Crippen LogP contribution is -2.36. The van der Waals surface area contributed by atoms with Crippen LogP contribution in [0, 0.1) is 5.41 Å². The topological polar surface area (TPSA) is 55.4 Å². The van der Waals surface area contributed by atoms with Crippen molar-refractivity contribution in [2.75, 3.05) is 24.7 Å². The fraction of sp³-hybridized carbons (Fsp3) is 0.600. The molecule has 3 rings (SSSR count). The van der Waals surface area contributed by atoms with E-state index < -0.39 is 9.84 Å². The van der Waals surface area contributed by atoms with Crippen molar-refractivity contribution in [3.63, 3.8) is 0 Å². The van der Waals surface area contributed by atoms with E-state index in [0.29, 0.717) is 16.3 Å². The van der Waals surface area contributed by atoms with E-state index in [-0.39, 0.29) is 11.2 Å². The second-order valence-electron chi connectivity index (χ2n) is 6.01. The molecule has 0 radical (unpaired) electrons. The molecule has 0 aromatic heterocycles. The largest absolute Gasteiger partial charge is 0.495 e. The Kier molecular flexibility index (Phi) is 3.40. The van der Waals surface area contributed by atoms with E-state index in [2.05, 4.69) is 5.32 Å². The first kappa shape index (κ1) is 13.7. The van der Waals surface area contributed by atoms with Crippen molar-refractivity contribution in [1.29, 1.82) is 0 Å². The molecule has 1 N–H and O–H groups in total. The van der Waals surface area contributed by atoms with E-state index in [4.69, 9.17) is 4.74 Å². The van der Waals surface area contributed by atoms with Crippen LogP contribution in [0.1, 0.15) is 32.1 Å². The SMILES string of the molecule is COc1cccc2c1NCC1(CCCCC1)CS2(=O)=O. The standard InChI is InChI=1S/C15H21NO3S/c1-19-12-6-5-7-13-14(12)16-10-15(11-20(13,17)18)8-3-2-4-9-15/h5-7,16H,2-4,8-11H2,1H3.